The molecule has 1 aliphatic carbocycles. The topological polar surface area (TPSA) is 120 Å². The van der Waals surface area contributed by atoms with E-state index in [1.165, 1.54) is 18.9 Å². The molecule has 2 aromatic rings. The molecule has 3 amide bonds. The number of amides is 3. The molecule has 9 heteroatoms. The Balaban J connectivity index is 1.62. The van der Waals surface area contributed by atoms with E-state index in [2.05, 4.69) is 16.0 Å². The number of carbonyl (C=O) groups excluding carboxylic acids is 3. The van der Waals surface area contributed by atoms with E-state index in [4.69, 9.17) is 4.74 Å². The van der Waals surface area contributed by atoms with Gasteiger partial charge >= 0.3 is 0 Å². The van der Waals surface area contributed by atoms with Gasteiger partial charge in [0.25, 0.3) is 0 Å². The highest BCUT2D eigenvalue weighted by molar-refractivity contribution is 5.94. The first-order valence-corrected chi connectivity index (χ1v) is 14.3. The number of carbonyl (C=O) groups is 3. The second-order valence-corrected chi connectivity index (χ2v) is 10.9. The van der Waals surface area contributed by atoms with E-state index in [9.17, 15) is 19.5 Å². The zero-order valence-electron chi connectivity index (χ0n) is 23.6. The minimum Gasteiger partial charge on any atom is -0.492 e. The molecular formula is C31H42N4O5. The van der Waals surface area contributed by atoms with Gasteiger partial charge in [0.05, 0.1) is 12.1 Å². The van der Waals surface area contributed by atoms with Gasteiger partial charge in [-0.15, -0.1) is 0 Å². The lowest BCUT2D eigenvalue weighted by Crippen LogP contribution is -2.61. The molecule has 4 rings (SSSR count). The first-order chi connectivity index (χ1) is 19.3. The van der Waals surface area contributed by atoms with Gasteiger partial charge in [-0.2, -0.15) is 0 Å². The number of nitrogens with one attached hydrogen (secondary N) is 3. The van der Waals surface area contributed by atoms with Gasteiger partial charge in [-0.3, -0.25) is 14.4 Å². The van der Waals surface area contributed by atoms with Crippen LogP contribution in [-0.4, -0.2) is 78.7 Å². The quantitative estimate of drug-likeness (QED) is 0.462. The van der Waals surface area contributed by atoms with Crippen LogP contribution in [0.4, 0.5) is 0 Å². The SMILES string of the molecule is CC(O)[C@H]1C(=O)N[C@H](C(C)c2ccccc2)C(=O)NCCCc2ccccc2OCCN[C@@H](C2CC2)C(=O)N1C. The van der Waals surface area contributed by atoms with E-state index in [0.29, 0.717) is 32.5 Å². The van der Waals surface area contributed by atoms with Crippen LogP contribution in [0.15, 0.2) is 54.6 Å². The van der Waals surface area contributed by atoms with E-state index >= 15 is 0 Å². The van der Waals surface area contributed by atoms with Crippen LogP contribution in [-0.2, 0) is 20.8 Å². The predicted molar refractivity (Wildman–Crippen MR) is 153 cm³/mol. The Morgan fingerprint density at radius 1 is 0.950 bits per heavy atom. The predicted octanol–water partition coefficient (Wildman–Crippen LogP) is 1.99. The third-order valence-electron chi connectivity index (χ3n) is 7.87. The molecule has 5 atom stereocenters. The van der Waals surface area contributed by atoms with Gasteiger partial charge in [0.15, 0.2) is 0 Å². The van der Waals surface area contributed by atoms with Crippen LogP contribution in [0.25, 0.3) is 0 Å². The highest BCUT2D eigenvalue weighted by atomic mass is 16.5. The summed E-state index contributed by atoms with van der Waals surface area (Å²) in [5.41, 5.74) is 1.95. The summed E-state index contributed by atoms with van der Waals surface area (Å²) < 4.78 is 6.06. The fourth-order valence-corrected chi connectivity index (χ4v) is 5.39. The molecular weight excluding hydrogens is 508 g/mol. The lowest BCUT2D eigenvalue weighted by atomic mass is 9.92. The summed E-state index contributed by atoms with van der Waals surface area (Å²) in [4.78, 5) is 42.1. The van der Waals surface area contributed by atoms with Crippen molar-refractivity contribution in [2.45, 2.75) is 69.7 Å². The summed E-state index contributed by atoms with van der Waals surface area (Å²) in [6, 6.07) is 14.8. The number of rotatable bonds is 4. The van der Waals surface area contributed by atoms with Gasteiger partial charge < -0.3 is 30.7 Å². The highest BCUT2D eigenvalue weighted by Crippen LogP contribution is 2.34. The summed E-state index contributed by atoms with van der Waals surface area (Å²) in [6.07, 6.45) is 2.11. The Hall–Kier alpha value is -3.43. The minimum atomic E-state index is -1.16. The van der Waals surface area contributed by atoms with Crippen LogP contribution in [0.3, 0.4) is 0 Å². The number of hydrogen-bond donors (Lipinski definition) is 4. The van der Waals surface area contributed by atoms with Crippen LogP contribution < -0.4 is 20.7 Å². The average Bonchev–Trinajstić information content (AvgIpc) is 3.79. The molecule has 0 bridgehead atoms. The monoisotopic (exact) mass is 550 g/mol. The largest absolute Gasteiger partial charge is 0.492 e. The second-order valence-electron chi connectivity index (χ2n) is 10.9. The Kier molecular flexibility index (Phi) is 10.2. The summed E-state index contributed by atoms with van der Waals surface area (Å²) in [7, 11) is 1.54. The van der Waals surface area contributed by atoms with E-state index in [-0.39, 0.29) is 23.7 Å². The van der Waals surface area contributed by atoms with Crippen molar-refractivity contribution in [2.75, 3.05) is 26.7 Å². The molecule has 216 valence electrons. The summed E-state index contributed by atoms with van der Waals surface area (Å²) >= 11 is 0. The molecule has 0 spiro atoms. The van der Waals surface area contributed by atoms with Crippen molar-refractivity contribution < 1.29 is 24.2 Å². The fourth-order valence-electron chi connectivity index (χ4n) is 5.39. The molecule has 0 aromatic heterocycles. The van der Waals surface area contributed by atoms with Crippen LogP contribution >= 0.6 is 0 Å². The van der Waals surface area contributed by atoms with E-state index < -0.39 is 30.1 Å². The van der Waals surface area contributed by atoms with Gasteiger partial charge in [0.1, 0.15) is 24.4 Å². The molecule has 2 aromatic carbocycles. The van der Waals surface area contributed by atoms with Gasteiger partial charge in [-0.25, -0.2) is 0 Å². The van der Waals surface area contributed by atoms with Crippen LogP contribution in [0, 0.1) is 5.92 Å². The second kappa shape index (κ2) is 13.8. The van der Waals surface area contributed by atoms with Crippen molar-refractivity contribution in [1.82, 2.24) is 20.9 Å². The molecule has 40 heavy (non-hydrogen) atoms. The van der Waals surface area contributed by atoms with Gasteiger partial charge in [0, 0.05) is 26.1 Å². The maximum atomic E-state index is 13.6. The zero-order valence-corrected chi connectivity index (χ0v) is 23.6. The number of benzene rings is 2. The summed E-state index contributed by atoms with van der Waals surface area (Å²) in [5.74, 6) is -0.529. The molecule has 9 nitrogen and oxygen atoms in total. The van der Waals surface area contributed by atoms with Gasteiger partial charge in [0.2, 0.25) is 17.7 Å². The molecule has 2 unspecified atom stereocenters. The maximum absolute atomic E-state index is 13.6. The van der Waals surface area contributed by atoms with Crippen LogP contribution in [0.5, 0.6) is 5.75 Å². The van der Waals surface area contributed by atoms with Crippen molar-refractivity contribution in [3.8, 4) is 5.75 Å². The number of para-hydroxylation sites is 1. The smallest absolute Gasteiger partial charge is 0.246 e. The minimum absolute atomic E-state index is 0.169. The average molecular weight is 551 g/mol. The number of nitrogens with zero attached hydrogens (tertiary/aromatic N) is 1. The molecule has 4 N–H and O–H groups in total. The van der Waals surface area contributed by atoms with Crippen LogP contribution in [0.2, 0.25) is 0 Å². The maximum Gasteiger partial charge on any atom is 0.246 e. The molecule has 1 saturated carbocycles. The lowest BCUT2D eigenvalue weighted by Gasteiger charge is -2.34. The summed E-state index contributed by atoms with van der Waals surface area (Å²) in [5, 5.41) is 19.8. The molecule has 1 aliphatic heterocycles. The van der Waals surface area contributed by atoms with E-state index in [0.717, 1.165) is 29.7 Å². The standard InChI is InChI=1S/C31H42N4O5/c1-20(22-10-5-4-6-11-22)26-29(37)33-17-9-13-23-12-7-8-14-25(23)40-19-18-32-27(24-15-16-24)31(39)35(3)28(21(2)36)30(38)34-26/h4-8,10-12,14,20-21,24,26-28,32,36H,9,13,15-19H2,1-3H3,(H,33,37)(H,34,38)/t20?,21?,26-,27+,28+/m1/s1. The number of aliphatic hydroxyl groups excluding tert-OH is 1. The number of fused-ring (bicyclic) bond motifs is 1. The molecule has 1 fully saturated rings. The van der Waals surface area contributed by atoms with Crippen molar-refractivity contribution in [3.63, 3.8) is 0 Å². The normalized spacial score (nSPS) is 25.4. The number of aryl methyl sites for hydroxylation is 1. The molecule has 0 radical (unpaired) electrons. The van der Waals surface area contributed by atoms with Crippen molar-refractivity contribution in [1.29, 1.82) is 0 Å². The number of hydrogen-bond acceptors (Lipinski definition) is 6. The van der Waals surface area contributed by atoms with Gasteiger partial charge in [-0.05, 0) is 55.7 Å². The molecule has 0 saturated heterocycles. The van der Waals surface area contributed by atoms with Crippen LogP contribution in [0.1, 0.15) is 50.2 Å². The van der Waals surface area contributed by atoms with Crippen molar-refractivity contribution in [3.05, 3.63) is 65.7 Å². The Bertz CT molecular complexity index is 1150. The Morgan fingerprint density at radius 3 is 2.35 bits per heavy atom. The third kappa shape index (κ3) is 7.40. The molecule has 2 aliphatic rings. The van der Waals surface area contributed by atoms with Crippen molar-refractivity contribution >= 4 is 17.7 Å². The third-order valence-corrected chi connectivity index (χ3v) is 7.87. The zero-order chi connectivity index (χ0) is 28.6. The summed E-state index contributed by atoms with van der Waals surface area (Å²) in [6.45, 7) is 4.64. The lowest BCUT2D eigenvalue weighted by molar-refractivity contribution is -0.145. The van der Waals surface area contributed by atoms with E-state index in [1.54, 1.807) is 0 Å². The highest BCUT2D eigenvalue weighted by Gasteiger charge is 2.42. The first-order valence-electron chi connectivity index (χ1n) is 14.3. The number of aliphatic hydroxyl groups is 1. The Morgan fingerprint density at radius 2 is 1.65 bits per heavy atom. The Labute approximate surface area is 236 Å². The molecule has 1 heterocycles. The first kappa shape index (κ1) is 29.6. The van der Waals surface area contributed by atoms with Crippen molar-refractivity contribution in [2.24, 2.45) is 5.92 Å². The van der Waals surface area contributed by atoms with Gasteiger partial charge in [-0.1, -0.05) is 55.5 Å². The number of ether oxygens (including phenoxy) is 1. The van der Waals surface area contributed by atoms with E-state index in [1.807, 2.05) is 61.5 Å². The number of likely N-dealkylation sites (N-methyl/N-ethyl adjacent to an activating group) is 1. The fraction of sp³-hybridized carbons (Fsp3) is 0.516.